The van der Waals surface area contributed by atoms with Crippen molar-refractivity contribution in [3.05, 3.63) is 35.9 Å². The van der Waals surface area contributed by atoms with Crippen molar-refractivity contribution in [2.24, 2.45) is 0 Å². The van der Waals surface area contributed by atoms with Crippen LogP contribution in [0.2, 0.25) is 0 Å². The van der Waals surface area contributed by atoms with Crippen molar-refractivity contribution in [3.8, 4) is 0 Å². The number of methoxy groups -OCH3 is 1. The van der Waals surface area contributed by atoms with Crippen molar-refractivity contribution in [2.45, 2.75) is 19.3 Å². The van der Waals surface area contributed by atoms with E-state index in [2.05, 4.69) is 16.8 Å². The van der Waals surface area contributed by atoms with E-state index in [-0.39, 0.29) is 0 Å². The number of esters is 1. The van der Waals surface area contributed by atoms with Gasteiger partial charge in [-0.25, -0.2) is 4.79 Å². The Morgan fingerprint density at radius 2 is 1.95 bits per heavy atom. The SMILES string of the molecule is [B]c1cc(C(=C)NCCN2CCCCC2)cc(C(=O)OC)c1. The number of piperidine rings is 1. The molecule has 1 aliphatic rings. The summed E-state index contributed by atoms with van der Waals surface area (Å²) in [6.07, 6.45) is 3.92. The molecule has 0 aromatic heterocycles. The Morgan fingerprint density at radius 3 is 2.64 bits per heavy atom. The molecule has 2 rings (SSSR count). The van der Waals surface area contributed by atoms with Crippen molar-refractivity contribution in [3.63, 3.8) is 0 Å². The summed E-state index contributed by atoms with van der Waals surface area (Å²) in [7, 11) is 7.21. The quantitative estimate of drug-likeness (QED) is 0.635. The van der Waals surface area contributed by atoms with Gasteiger partial charge in [0.1, 0.15) is 7.85 Å². The second-order valence-corrected chi connectivity index (χ2v) is 5.64. The largest absolute Gasteiger partial charge is 0.465 e. The van der Waals surface area contributed by atoms with Crippen LogP contribution in [0, 0.1) is 0 Å². The molecule has 1 aliphatic heterocycles. The first kappa shape index (κ1) is 16.6. The fraction of sp³-hybridized carbons (Fsp3) is 0.471. The number of carbonyl (C=O) groups is 1. The predicted octanol–water partition coefficient (Wildman–Crippen LogP) is 1.31. The summed E-state index contributed by atoms with van der Waals surface area (Å²) >= 11 is 0. The summed E-state index contributed by atoms with van der Waals surface area (Å²) in [5, 5.41) is 3.31. The van der Waals surface area contributed by atoms with E-state index in [9.17, 15) is 4.79 Å². The molecule has 1 heterocycles. The summed E-state index contributed by atoms with van der Waals surface area (Å²) in [4.78, 5) is 14.1. The first-order valence-electron chi connectivity index (χ1n) is 7.74. The van der Waals surface area contributed by atoms with Crippen LogP contribution in [0.3, 0.4) is 0 Å². The minimum atomic E-state index is -0.394. The number of hydrogen-bond donors (Lipinski definition) is 1. The molecule has 0 saturated carbocycles. The van der Waals surface area contributed by atoms with Gasteiger partial charge < -0.3 is 15.0 Å². The van der Waals surface area contributed by atoms with Crippen LogP contribution in [-0.4, -0.2) is 52.0 Å². The first-order valence-corrected chi connectivity index (χ1v) is 7.74. The zero-order valence-electron chi connectivity index (χ0n) is 13.2. The van der Waals surface area contributed by atoms with Gasteiger partial charge in [0.2, 0.25) is 0 Å². The summed E-state index contributed by atoms with van der Waals surface area (Å²) in [6, 6.07) is 5.16. The van der Waals surface area contributed by atoms with E-state index in [4.69, 9.17) is 12.6 Å². The Labute approximate surface area is 133 Å². The van der Waals surface area contributed by atoms with Crippen LogP contribution in [-0.2, 0) is 4.74 Å². The fourth-order valence-corrected chi connectivity index (χ4v) is 2.71. The standard InChI is InChI=1S/C17H23BN2O2/c1-13(19-6-9-20-7-4-3-5-8-20)14-10-15(17(21)22-2)12-16(18)11-14/h10-12,19H,1,3-9H2,2H3. The van der Waals surface area contributed by atoms with E-state index in [1.165, 1.54) is 39.5 Å². The van der Waals surface area contributed by atoms with Crippen LogP contribution < -0.4 is 10.8 Å². The highest BCUT2D eigenvalue weighted by Gasteiger charge is 2.11. The maximum atomic E-state index is 11.6. The van der Waals surface area contributed by atoms with Gasteiger partial charge in [0, 0.05) is 18.8 Å². The zero-order chi connectivity index (χ0) is 15.9. The molecule has 2 radical (unpaired) electrons. The van der Waals surface area contributed by atoms with E-state index >= 15 is 0 Å². The van der Waals surface area contributed by atoms with Gasteiger partial charge in [-0.05, 0) is 37.6 Å². The third kappa shape index (κ3) is 4.63. The molecule has 5 heteroatoms. The number of ether oxygens (including phenoxy) is 1. The number of nitrogens with zero attached hydrogens (tertiary/aromatic N) is 1. The van der Waals surface area contributed by atoms with Gasteiger partial charge in [0.15, 0.2) is 0 Å². The molecule has 0 spiro atoms. The Hall–Kier alpha value is -1.75. The summed E-state index contributed by atoms with van der Waals surface area (Å²) in [6.45, 7) is 8.24. The van der Waals surface area contributed by atoms with Gasteiger partial charge in [0.25, 0.3) is 0 Å². The van der Waals surface area contributed by atoms with Gasteiger partial charge in [-0.3, -0.25) is 0 Å². The maximum Gasteiger partial charge on any atom is 0.337 e. The molecule has 0 amide bonds. The minimum absolute atomic E-state index is 0.394. The van der Waals surface area contributed by atoms with E-state index in [0.717, 1.165) is 24.4 Å². The molecule has 0 unspecified atom stereocenters. The van der Waals surface area contributed by atoms with Gasteiger partial charge >= 0.3 is 5.97 Å². The van der Waals surface area contributed by atoms with Crippen molar-refractivity contribution in [1.82, 2.24) is 10.2 Å². The third-order valence-corrected chi connectivity index (χ3v) is 3.94. The number of benzene rings is 1. The number of nitrogens with one attached hydrogen (secondary N) is 1. The Bertz CT molecular complexity index is 539. The van der Waals surface area contributed by atoms with Crippen LogP contribution >= 0.6 is 0 Å². The summed E-state index contributed by atoms with van der Waals surface area (Å²) < 4.78 is 4.74. The molecule has 22 heavy (non-hydrogen) atoms. The maximum absolute atomic E-state index is 11.6. The van der Waals surface area contributed by atoms with Gasteiger partial charge in [-0.1, -0.05) is 30.6 Å². The predicted molar refractivity (Wildman–Crippen MR) is 90.5 cm³/mol. The van der Waals surface area contributed by atoms with E-state index in [1.54, 1.807) is 12.1 Å². The van der Waals surface area contributed by atoms with Gasteiger partial charge in [0.05, 0.1) is 12.7 Å². The van der Waals surface area contributed by atoms with Gasteiger partial charge in [-0.2, -0.15) is 0 Å². The van der Waals surface area contributed by atoms with Crippen LogP contribution in [0.5, 0.6) is 0 Å². The number of rotatable bonds is 6. The Kier molecular flexibility index (Phi) is 6.07. The molecule has 1 aromatic carbocycles. The van der Waals surface area contributed by atoms with E-state index in [0.29, 0.717) is 11.0 Å². The van der Waals surface area contributed by atoms with Crippen LogP contribution in [0.25, 0.3) is 5.70 Å². The molecule has 0 aliphatic carbocycles. The second-order valence-electron chi connectivity index (χ2n) is 5.64. The first-order chi connectivity index (χ1) is 10.6. The highest BCUT2D eigenvalue weighted by Crippen LogP contribution is 2.12. The third-order valence-electron chi connectivity index (χ3n) is 3.94. The lowest BCUT2D eigenvalue weighted by Crippen LogP contribution is -2.35. The molecule has 0 atom stereocenters. The molecular weight excluding hydrogens is 275 g/mol. The average molecular weight is 298 g/mol. The Balaban J connectivity index is 1.91. The molecule has 1 saturated heterocycles. The van der Waals surface area contributed by atoms with Crippen LogP contribution in [0.15, 0.2) is 24.8 Å². The van der Waals surface area contributed by atoms with Crippen molar-refractivity contribution >= 4 is 25.0 Å². The van der Waals surface area contributed by atoms with Crippen LogP contribution in [0.4, 0.5) is 0 Å². The number of likely N-dealkylation sites (tertiary alicyclic amines) is 1. The highest BCUT2D eigenvalue weighted by atomic mass is 16.5. The smallest absolute Gasteiger partial charge is 0.337 e. The Morgan fingerprint density at radius 1 is 1.27 bits per heavy atom. The van der Waals surface area contributed by atoms with E-state index < -0.39 is 5.97 Å². The lowest BCUT2D eigenvalue weighted by molar-refractivity contribution is 0.0601. The van der Waals surface area contributed by atoms with E-state index in [1.807, 2.05) is 6.07 Å². The highest BCUT2D eigenvalue weighted by molar-refractivity contribution is 6.32. The lowest BCUT2D eigenvalue weighted by atomic mass is 9.91. The van der Waals surface area contributed by atoms with Crippen molar-refractivity contribution < 1.29 is 9.53 Å². The second kappa shape index (κ2) is 8.04. The molecule has 116 valence electrons. The normalized spacial score (nSPS) is 15.3. The van der Waals surface area contributed by atoms with Crippen molar-refractivity contribution in [1.29, 1.82) is 0 Å². The molecular formula is C17H23BN2O2. The summed E-state index contributed by atoms with van der Waals surface area (Å²) in [5.74, 6) is -0.394. The fourth-order valence-electron chi connectivity index (χ4n) is 2.71. The topological polar surface area (TPSA) is 41.6 Å². The zero-order valence-corrected chi connectivity index (χ0v) is 13.2. The number of hydrogen-bond acceptors (Lipinski definition) is 4. The molecule has 1 N–H and O–H groups in total. The average Bonchev–Trinajstić information content (AvgIpc) is 2.54. The molecule has 4 nitrogen and oxygen atoms in total. The van der Waals surface area contributed by atoms with Gasteiger partial charge in [-0.15, -0.1) is 0 Å². The summed E-state index contributed by atoms with van der Waals surface area (Å²) in [5.41, 5.74) is 2.56. The van der Waals surface area contributed by atoms with Crippen LogP contribution in [0.1, 0.15) is 35.2 Å². The molecule has 1 aromatic rings. The monoisotopic (exact) mass is 298 g/mol. The number of carbonyl (C=O) groups excluding carboxylic acids is 1. The molecule has 0 bridgehead atoms. The minimum Gasteiger partial charge on any atom is -0.465 e. The van der Waals surface area contributed by atoms with Crippen molar-refractivity contribution in [2.75, 3.05) is 33.3 Å². The lowest BCUT2D eigenvalue weighted by Gasteiger charge is -2.26. The molecule has 1 fully saturated rings.